The molecule has 0 radical (unpaired) electrons. The summed E-state index contributed by atoms with van der Waals surface area (Å²) in [5.41, 5.74) is 4.21. The quantitative estimate of drug-likeness (QED) is 0.238. The van der Waals surface area contributed by atoms with Crippen molar-refractivity contribution < 1.29 is 23.7 Å². The standard InChI is InChI=1S/C28H29N3O5S/c1-33-20-9-5-18(6-10-20)26-27(19-7-11-21(34-2)12-8-19)31-28(30-26)37-16-15-25(32)29-23-17-22(35-3)13-14-24(23)36-4/h5-14,17H,15-16H2,1-4H3,(H,29,32)(H,30,31). The summed E-state index contributed by atoms with van der Waals surface area (Å²) in [5, 5.41) is 3.63. The van der Waals surface area contributed by atoms with Gasteiger partial charge in [-0.1, -0.05) is 11.8 Å². The highest BCUT2D eigenvalue weighted by Gasteiger charge is 2.16. The van der Waals surface area contributed by atoms with Crippen LogP contribution in [0.2, 0.25) is 0 Å². The first-order chi connectivity index (χ1) is 18.0. The maximum absolute atomic E-state index is 12.6. The van der Waals surface area contributed by atoms with Crippen molar-refractivity contribution in [3.8, 4) is 45.5 Å². The molecule has 1 aromatic heterocycles. The average molecular weight is 520 g/mol. The van der Waals surface area contributed by atoms with Crippen molar-refractivity contribution in [2.75, 3.05) is 39.5 Å². The van der Waals surface area contributed by atoms with E-state index in [0.29, 0.717) is 29.4 Å². The summed E-state index contributed by atoms with van der Waals surface area (Å²) in [5.74, 6) is 3.17. The van der Waals surface area contributed by atoms with Crippen molar-refractivity contribution in [1.82, 2.24) is 9.97 Å². The molecule has 1 heterocycles. The second-order valence-corrected chi connectivity index (χ2v) is 9.02. The minimum absolute atomic E-state index is 0.128. The average Bonchev–Trinajstić information content (AvgIpc) is 3.37. The van der Waals surface area contributed by atoms with E-state index in [1.165, 1.54) is 11.8 Å². The summed E-state index contributed by atoms with van der Waals surface area (Å²) in [4.78, 5) is 20.9. The largest absolute Gasteiger partial charge is 0.497 e. The molecule has 0 saturated carbocycles. The summed E-state index contributed by atoms with van der Waals surface area (Å²) in [6.45, 7) is 0. The Morgan fingerprint density at radius 2 is 1.41 bits per heavy atom. The Labute approximate surface area is 220 Å². The lowest BCUT2D eigenvalue weighted by Crippen LogP contribution is -2.13. The fourth-order valence-electron chi connectivity index (χ4n) is 3.71. The van der Waals surface area contributed by atoms with Crippen LogP contribution < -0.4 is 24.3 Å². The molecule has 37 heavy (non-hydrogen) atoms. The van der Waals surface area contributed by atoms with Crippen molar-refractivity contribution in [2.24, 2.45) is 0 Å². The van der Waals surface area contributed by atoms with Gasteiger partial charge in [0.25, 0.3) is 0 Å². The number of rotatable bonds is 11. The molecule has 0 spiro atoms. The van der Waals surface area contributed by atoms with Crippen LogP contribution in [0.1, 0.15) is 6.42 Å². The molecule has 0 saturated heterocycles. The molecular formula is C28H29N3O5S. The number of methoxy groups -OCH3 is 4. The van der Waals surface area contributed by atoms with Crippen LogP contribution in [0.25, 0.3) is 22.5 Å². The summed E-state index contributed by atoms with van der Waals surface area (Å²) >= 11 is 1.48. The van der Waals surface area contributed by atoms with Gasteiger partial charge < -0.3 is 29.2 Å². The molecule has 192 valence electrons. The van der Waals surface area contributed by atoms with E-state index in [4.69, 9.17) is 23.9 Å². The molecule has 9 heteroatoms. The second-order valence-electron chi connectivity index (χ2n) is 7.94. The predicted molar refractivity (Wildman–Crippen MR) is 146 cm³/mol. The van der Waals surface area contributed by atoms with E-state index in [1.807, 2.05) is 48.5 Å². The number of aromatic amines is 1. The molecule has 0 aliphatic heterocycles. The molecule has 1 amide bonds. The van der Waals surface area contributed by atoms with E-state index in [-0.39, 0.29) is 5.91 Å². The van der Waals surface area contributed by atoms with E-state index >= 15 is 0 Å². The van der Waals surface area contributed by atoms with Crippen LogP contribution >= 0.6 is 11.8 Å². The molecule has 0 aliphatic rings. The molecule has 4 aromatic rings. The van der Waals surface area contributed by atoms with Gasteiger partial charge in [-0.3, -0.25) is 4.79 Å². The third-order valence-corrected chi connectivity index (χ3v) is 6.55. The van der Waals surface area contributed by atoms with Crippen molar-refractivity contribution in [3.05, 3.63) is 66.7 Å². The van der Waals surface area contributed by atoms with E-state index in [2.05, 4.69) is 10.3 Å². The number of hydrogen-bond acceptors (Lipinski definition) is 7. The number of aromatic nitrogens is 2. The van der Waals surface area contributed by atoms with Gasteiger partial charge in [0.05, 0.1) is 45.5 Å². The number of benzene rings is 3. The fourth-order valence-corrected chi connectivity index (χ4v) is 4.52. The number of thioether (sulfide) groups is 1. The molecule has 8 nitrogen and oxygen atoms in total. The molecule has 0 atom stereocenters. The molecule has 0 unspecified atom stereocenters. The lowest BCUT2D eigenvalue weighted by atomic mass is 10.0. The lowest BCUT2D eigenvalue weighted by molar-refractivity contribution is -0.115. The first-order valence-corrected chi connectivity index (χ1v) is 12.6. The Hall–Kier alpha value is -4.11. The topological polar surface area (TPSA) is 94.7 Å². The number of anilines is 1. The summed E-state index contributed by atoms with van der Waals surface area (Å²) < 4.78 is 21.2. The predicted octanol–water partition coefficient (Wildman–Crippen LogP) is 5.90. The van der Waals surface area contributed by atoms with Crippen molar-refractivity contribution in [3.63, 3.8) is 0 Å². The van der Waals surface area contributed by atoms with Crippen LogP contribution in [0.4, 0.5) is 5.69 Å². The number of nitrogens with zero attached hydrogens (tertiary/aromatic N) is 1. The SMILES string of the molecule is COc1ccc(-c2nc(SCCC(=O)Nc3cc(OC)ccc3OC)[nH]c2-c2ccc(OC)cc2)cc1. The minimum atomic E-state index is -0.128. The first-order valence-electron chi connectivity index (χ1n) is 11.6. The highest BCUT2D eigenvalue weighted by Crippen LogP contribution is 2.34. The Bertz CT molecular complexity index is 1270. The minimum Gasteiger partial charge on any atom is -0.497 e. The van der Waals surface area contributed by atoms with Gasteiger partial charge in [0.2, 0.25) is 5.91 Å². The Kier molecular flexibility index (Phi) is 8.58. The normalized spacial score (nSPS) is 10.6. The number of nitrogens with one attached hydrogen (secondary N) is 2. The van der Waals surface area contributed by atoms with Crippen molar-refractivity contribution in [1.29, 1.82) is 0 Å². The number of amides is 1. The fraction of sp³-hybridized carbons (Fsp3) is 0.214. The van der Waals surface area contributed by atoms with Crippen LogP contribution in [0.15, 0.2) is 71.9 Å². The monoisotopic (exact) mass is 519 g/mol. The number of hydrogen-bond donors (Lipinski definition) is 2. The van der Waals surface area contributed by atoms with Gasteiger partial charge in [-0.2, -0.15) is 0 Å². The zero-order chi connectivity index (χ0) is 26.2. The Morgan fingerprint density at radius 1 is 0.811 bits per heavy atom. The van der Waals surface area contributed by atoms with Gasteiger partial charge in [-0.15, -0.1) is 0 Å². The Morgan fingerprint density at radius 3 is 2.00 bits per heavy atom. The van der Waals surface area contributed by atoms with Crippen molar-refractivity contribution >= 4 is 23.4 Å². The zero-order valence-corrected chi connectivity index (χ0v) is 22.0. The second kappa shape index (κ2) is 12.2. The number of carbonyl (C=O) groups excluding carboxylic acids is 1. The number of carbonyl (C=O) groups is 1. The van der Waals surface area contributed by atoms with Crippen LogP contribution in [0, 0.1) is 0 Å². The number of imidazole rings is 1. The molecule has 2 N–H and O–H groups in total. The maximum Gasteiger partial charge on any atom is 0.225 e. The molecule has 0 aliphatic carbocycles. The van der Waals surface area contributed by atoms with E-state index in [9.17, 15) is 4.79 Å². The molecule has 3 aromatic carbocycles. The van der Waals surface area contributed by atoms with Gasteiger partial charge in [0, 0.05) is 29.4 Å². The van der Waals surface area contributed by atoms with Crippen molar-refractivity contribution in [2.45, 2.75) is 11.6 Å². The first kappa shape index (κ1) is 26.0. The highest BCUT2D eigenvalue weighted by molar-refractivity contribution is 7.99. The summed E-state index contributed by atoms with van der Waals surface area (Å²) in [6.07, 6.45) is 0.293. The lowest BCUT2D eigenvalue weighted by Gasteiger charge is -2.11. The van der Waals surface area contributed by atoms with Gasteiger partial charge in [0.1, 0.15) is 23.0 Å². The molecule has 0 fully saturated rings. The van der Waals surface area contributed by atoms with Gasteiger partial charge in [-0.25, -0.2) is 4.98 Å². The number of ether oxygens (including phenoxy) is 4. The zero-order valence-electron chi connectivity index (χ0n) is 21.2. The third-order valence-electron chi connectivity index (χ3n) is 5.67. The van der Waals surface area contributed by atoms with Gasteiger partial charge in [-0.05, 0) is 60.7 Å². The molecular weight excluding hydrogens is 490 g/mol. The van der Waals surface area contributed by atoms with Crippen LogP contribution in [0.3, 0.4) is 0 Å². The van der Waals surface area contributed by atoms with E-state index in [1.54, 1.807) is 46.6 Å². The molecule has 0 bridgehead atoms. The van der Waals surface area contributed by atoms with Crippen LogP contribution in [-0.2, 0) is 4.79 Å². The molecule has 4 rings (SSSR count). The highest BCUT2D eigenvalue weighted by atomic mass is 32.2. The van der Waals surface area contributed by atoms with E-state index < -0.39 is 0 Å². The summed E-state index contributed by atoms with van der Waals surface area (Å²) in [6, 6.07) is 20.9. The maximum atomic E-state index is 12.6. The van der Waals surface area contributed by atoms with E-state index in [0.717, 1.165) is 39.2 Å². The van der Waals surface area contributed by atoms with Gasteiger partial charge in [0.15, 0.2) is 5.16 Å². The smallest absolute Gasteiger partial charge is 0.225 e. The van der Waals surface area contributed by atoms with Crippen LogP contribution in [-0.4, -0.2) is 50.1 Å². The van der Waals surface area contributed by atoms with Crippen LogP contribution in [0.5, 0.6) is 23.0 Å². The third kappa shape index (κ3) is 6.37. The van der Waals surface area contributed by atoms with Gasteiger partial charge >= 0.3 is 0 Å². The Balaban J connectivity index is 1.49. The number of H-pyrrole nitrogens is 1. The summed E-state index contributed by atoms with van der Waals surface area (Å²) in [7, 11) is 6.42.